The highest BCUT2D eigenvalue weighted by Crippen LogP contribution is 2.11. The van der Waals surface area contributed by atoms with Gasteiger partial charge in [-0.1, -0.05) is 18.2 Å². The minimum atomic E-state index is -3.55. The number of hydrogen-bond acceptors (Lipinski definition) is 4. The van der Waals surface area contributed by atoms with Gasteiger partial charge in [-0.3, -0.25) is 4.79 Å². The van der Waals surface area contributed by atoms with Gasteiger partial charge >= 0.3 is 0 Å². The second-order valence-corrected chi connectivity index (χ2v) is 7.31. The van der Waals surface area contributed by atoms with E-state index in [2.05, 4.69) is 10.0 Å². The Labute approximate surface area is 148 Å². The van der Waals surface area contributed by atoms with Gasteiger partial charge in [-0.2, -0.15) is 0 Å². The molecule has 8 heteroatoms. The van der Waals surface area contributed by atoms with Gasteiger partial charge in [-0.25, -0.2) is 13.1 Å². The van der Waals surface area contributed by atoms with Crippen LogP contribution < -0.4 is 10.0 Å². The molecule has 0 unspecified atom stereocenters. The summed E-state index contributed by atoms with van der Waals surface area (Å²) in [6.07, 6.45) is 2.88. The topological polar surface area (TPSA) is 88.4 Å². The van der Waals surface area contributed by atoms with Gasteiger partial charge in [-0.05, 0) is 52.9 Å². The summed E-state index contributed by atoms with van der Waals surface area (Å²) in [6.45, 7) is 0.292. The first kappa shape index (κ1) is 17.7. The Morgan fingerprint density at radius 2 is 1.87 bits per heavy atom. The fourth-order valence-electron chi connectivity index (χ4n) is 1.69. The van der Waals surface area contributed by atoms with E-state index in [1.54, 1.807) is 36.4 Å². The zero-order valence-corrected chi connectivity index (χ0v) is 15.0. The fourth-order valence-corrected chi connectivity index (χ4v) is 3.18. The molecule has 6 nitrogen and oxygen atoms in total. The van der Waals surface area contributed by atoms with Crippen molar-refractivity contribution in [1.29, 1.82) is 0 Å². The summed E-state index contributed by atoms with van der Waals surface area (Å²) in [5.41, 5.74) is 0. The Morgan fingerprint density at radius 3 is 2.52 bits per heavy atom. The lowest BCUT2D eigenvalue weighted by Gasteiger charge is -2.06. The molecule has 0 atom stereocenters. The molecule has 122 valence electrons. The van der Waals surface area contributed by atoms with Crippen LogP contribution in [0.15, 0.2) is 57.9 Å². The molecule has 2 N–H and O–H groups in total. The standard InChI is InChI=1S/C15H15IN2O4S/c16-14-8-6-12(22-14)7-9-15(19)17-10-11-18-23(20,21)13-4-2-1-3-5-13/h1-9,18H,10-11H2,(H,17,19)/b9-7+. The van der Waals surface area contributed by atoms with Gasteiger partial charge < -0.3 is 9.73 Å². The van der Waals surface area contributed by atoms with Crippen LogP contribution in [0.2, 0.25) is 0 Å². The Balaban J connectivity index is 1.75. The Hall–Kier alpha value is -1.65. The van der Waals surface area contributed by atoms with Crippen molar-refractivity contribution in [2.75, 3.05) is 13.1 Å². The van der Waals surface area contributed by atoms with E-state index in [-0.39, 0.29) is 23.9 Å². The molecule has 1 amide bonds. The zero-order valence-electron chi connectivity index (χ0n) is 12.0. The molecule has 1 aromatic carbocycles. The average Bonchev–Trinajstić information content (AvgIpc) is 2.96. The number of nitrogens with one attached hydrogen (secondary N) is 2. The highest BCUT2D eigenvalue weighted by atomic mass is 127. The van der Waals surface area contributed by atoms with Gasteiger partial charge in [0, 0.05) is 19.2 Å². The summed E-state index contributed by atoms with van der Waals surface area (Å²) in [7, 11) is -3.55. The van der Waals surface area contributed by atoms with Crippen LogP contribution in [0.1, 0.15) is 5.76 Å². The second-order valence-electron chi connectivity index (χ2n) is 4.48. The number of rotatable bonds is 7. The maximum atomic E-state index is 11.9. The summed E-state index contributed by atoms with van der Waals surface area (Å²) in [5, 5.41) is 2.59. The first-order valence-electron chi connectivity index (χ1n) is 6.73. The predicted octanol–water partition coefficient (Wildman–Crippen LogP) is 1.99. The number of carbonyl (C=O) groups is 1. The van der Waals surface area contributed by atoms with E-state index in [1.165, 1.54) is 18.2 Å². The number of amides is 1. The monoisotopic (exact) mass is 446 g/mol. The van der Waals surface area contributed by atoms with Crippen molar-refractivity contribution in [3.63, 3.8) is 0 Å². The molecular formula is C15H15IN2O4S. The van der Waals surface area contributed by atoms with Crippen LogP contribution in [0.4, 0.5) is 0 Å². The number of carbonyl (C=O) groups excluding carboxylic acids is 1. The van der Waals surface area contributed by atoms with Crippen LogP contribution in [0.3, 0.4) is 0 Å². The summed E-state index contributed by atoms with van der Waals surface area (Å²) >= 11 is 2.03. The third-order valence-electron chi connectivity index (χ3n) is 2.76. The molecular weight excluding hydrogens is 431 g/mol. The third-order valence-corrected chi connectivity index (χ3v) is 4.82. The largest absolute Gasteiger partial charge is 0.451 e. The molecule has 0 radical (unpaired) electrons. The van der Waals surface area contributed by atoms with Gasteiger partial charge in [0.2, 0.25) is 15.9 Å². The van der Waals surface area contributed by atoms with E-state index >= 15 is 0 Å². The van der Waals surface area contributed by atoms with Crippen molar-refractivity contribution in [3.8, 4) is 0 Å². The third kappa shape index (κ3) is 5.81. The fraction of sp³-hybridized carbons (Fsp3) is 0.133. The normalized spacial score (nSPS) is 11.7. The lowest BCUT2D eigenvalue weighted by molar-refractivity contribution is -0.116. The van der Waals surface area contributed by atoms with Crippen LogP contribution in [-0.4, -0.2) is 27.4 Å². The second kappa shape index (κ2) is 8.27. The maximum absolute atomic E-state index is 11.9. The Kier molecular flexibility index (Phi) is 6.37. The molecule has 0 aliphatic carbocycles. The van der Waals surface area contributed by atoms with Crippen LogP contribution in [0.5, 0.6) is 0 Å². The highest BCUT2D eigenvalue weighted by Gasteiger charge is 2.11. The maximum Gasteiger partial charge on any atom is 0.244 e. The van der Waals surface area contributed by atoms with Crippen molar-refractivity contribution in [3.05, 3.63) is 58.1 Å². The molecule has 1 aromatic heterocycles. The summed E-state index contributed by atoms with van der Waals surface area (Å²) in [4.78, 5) is 11.8. The van der Waals surface area contributed by atoms with Crippen LogP contribution in [0.25, 0.3) is 6.08 Å². The number of halogens is 1. The van der Waals surface area contributed by atoms with Gasteiger partial charge in [0.15, 0.2) is 3.77 Å². The SMILES string of the molecule is O=C(/C=C/c1ccc(I)o1)NCCNS(=O)(=O)c1ccccc1. The van der Waals surface area contributed by atoms with Crippen molar-refractivity contribution in [1.82, 2.24) is 10.0 Å². The van der Waals surface area contributed by atoms with Crippen molar-refractivity contribution in [2.45, 2.75) is 4.90 Å². The number of benzene rings is 1. The van der Waals surface area contributed by atoms with Gasteiger partial charge in [-0.15, -0.1) is 0 Å². The highest BCUT2D eigenvalue weighted by molar-refractivity contribution is 14.1. The summed E-state index contributed by atoms with van der Waals surface area (Å²) in [5.74, 6) is 0.254. The smallest absolute Gasteiger partial charge is 0.244 e. The molecule has 0 aliphatic heterocycles. The lowest BCUT2D eigenvalue weighted by Crippen LogP contribution is -2.34. The van der Waals surface area contributed by atoms with Crippen LogP contribution in [0, 0.1) is 3.77 Å². The lowest BCUT2D eigenvalue weighted by atomic mass is 10.4. The van der Waals surface area contributed by atoms with E-state index in [0.29, 0.717) is 5.76 Å². The number of furan rings is 1. The Morgan fingerprint density at radius 1 is 1.13 bits per heavy atom. The van der Waals surface area contributed by atoms with Crippen molar-refractivity contribution < 1.29 is 17.6 Å². The van der Waals surface area contributed by atoms with Crippen molar-refractivity contribution >= 4 is 44.6 Å². The molecule has 2 rings (SSSR count). The van der Waals surface area contributed by atoms with E-state index in [9.17, 15) is 13.2 Å². The van der Waals surface area contributed by atoms with E-state index in [4.69, 9.17) is 4.42 Å². The zero-order chi connectivity index (χ0) is 16.7. The predicted molar refractivity (Wildman–Crippen MR) is 95.1 cm³/mol. The quantitative estimate of drug-likeness (QED) is 0.387. The molecule has 0 saturated carbocycles. The first-order chi connectivity index (χ1) is 11.0. The van der Waals surface area contributed by atoms with E-state index in [0.717, 1.165) is 3.77 Å². The van der Waals surface area contributed by atoms with E-state index in [1.807, 2.05) is 22.6 Å². The summed E-state index contributed by atoms with van der Waals surface area (Å²) < 4.78 is 32.3. The van der Waals surface area contributed by atoms with Crippen LogP contribution in [-0.2, 0) is 14.8 Å². The van der Waals surface area contributed by atoms with Gasteiger partial charge in [0.05, 0.1) is 4.90 Å². The van der Waals surface area contributed by atoms with Crippen LogP contribution >= 0.6 is 22.6 Å². The molecule has 1 heterocycles. The minimum Gasteiger partial charge on any atom is -0.451 e. The molecule has 0 spiro atoms. The molecule has 0 aliphatic rings. The van der Waals surface area contributed by atoms with E-state index < -0.39 is 10.0 Å². The molecule has 0 saturated heterocycles. The number of sulfonamides is 1. The molecule has 23 heavy (non-hydrogen) atoms. The molecule has 0 bridgehead atoms. The van der Waals surface area contributed by atoms with Gasteiger partial charge in [0.25, 0.3) is 0 Å². The summed E-state index contributed by atoms with van der Waals surface area (Å²) in [6, 6.07) is 11.6. The van der Waals surface area contributed by atoms with Gasteiger partial charge in [0.1, 0.15) is 5.76 Å². The number of hydrogen-bond donors (Lipinski definition) is 2. The first-order valence-corrected chi connectivity index (χ1v) is 9.29. The minimum absolute atomic E-state index is 0.107. The molecule has 0 fully saturated rings. The molecule has 2 aromatic rings. The van der Waals surface area contributed by atoms with Crippen molar-refractivity contribution in [2.24, 2.45) is 0 Å². The average molecular weight is 446 g/mol. The Bertz CT molecular complexity index is 785.